The van der Waals surface area contributed by atoms with Gasteiger partial charge in [-0.05, 0) is 41.8 Å². The van der Waals surface area contributed by atoms with E-state index in [4.69, 9.17) is 0 Å². The molecule has 2 heterocycles. The minimum Gasteiger partial charge on any atom is -0.334 e. The van der Waals surface area contributed by atoms with E-state index in [0.717, 1.165) is 19.4 Å². The maximum Gasteiger partial charge on any atom is 0.321 e. The van der Waals surface area contributed by atoms with Gasteiger partial charge in [-0.25, -0.2) is 4.79 Å². The highest BCUT2D eigenvalue weighted by atomic mass is 32.1. The van der Waals surface area contributed by atoms with E-state index in [2.05, 4.69) is 38.9 Å². The normalized spacial score (nSPS) is 18.7. The predicted molar refractivity (Wildman–Crippen MR) is 79.6 cm³/mol. The number of nitrogens with one attached hydrogen (secondary N) is 2. The van der Waals surface area contributed by atoms with Crippen LogP contribution in [-0.4, -0.2) is 36.5 Å². The molecular formula is C14H19N3O2S. The quantitative estimate of drug-likeness (QED) is 0.815. The van der Waals surface area contributed by atoms with Gasteiger partial charge in [0.25, 0.3) is 0 Å². The summed E-state index contributed by atoms with van der Waals surface area (Å²) in [5.41, 5.74) is 1.26. The van der Waals surface area contributed by atoms with Crippen molar-refractivity contribution >= 4 is 23.3 Å². The van der Waals surface area contributed by atoms with E-state index in [1.54, 1.807) is 17.4 Å². The summed E-state index contributed by atoms with van der Waals surface area (Å²) in [6.07, 6.45) is 3.71. The van der Waals surface area contributed by atoms with Crippen molar-refractivity contribution in [3.8, 4) is 0 Å². The Morgan fingerprint density at radius 3 is 3.10 bits per heavy atom. The van der Waals surface area contributed by atoms with Crippen LogP contribution in [0.3, 0.4) is 0 Å². The van der Waals surface area contributed by atoms with Crippen LogP contribution >= 0.6 is 11.3 Å². The van der Waals surface area contributed by atoms with E-state index in [-0.39, 0.29) is 12.5 Å². The molecule has 1 aromatic heterocycles. The average molecular weight is 293 g/mol. The Morgan fingerprint density at radius 2 is 2.40 bits per heavy atom. The van der Waals surface area contributed by atoms with Gasteiger partial charge >= 0.3 is 6.03 Å². The number of rotatable bonds is 5. The van der Waals surface area contributed by atoms with Gasteiger partial charge in [0.15, 0.2) is 0 Å². The second-order valence-corrected chi connectivity index (χ2v) is 5.51. The van der Waals surface area contributed by atoms with E-state index in [0.29, 0.717) is 12.6 Å². The zero-order valence-electron chi connectivity index (χ0n) is 11.3. The lowest BCUT2D eigenvalue weighted by Gasteiger charge is -2.23. The lowest BCUT2D eigenvalue weighted by atomic mass is 10.1. The molecule has 2 rings (SSSR count). The minimum atomic E-state index is -0.471. The minimum absolute atomic E-state index is 0.252. The molecule has 2 N–H and O–H groups in total. The maximum atomic E-state index is 11.9. The van der Waals surface area contributed by atoms with Crippen molar-refractivity contribution < 1.29 is 9.59 Å². The Balaban J connectivity index is 1.84. The molecule has 1 atom stereocenters. The Hall–Kier alpha value is -1.66. The molecule has 5 nitrogen and oxygen atoms in total. The molecular weight excluding hydrogens is 274 g/mol. The molecule has 1 aliphatic heterocycles. The van der Waals surface area contributed by atoms with Crippen LogP contribution in [0.2, 0.25) is 0 Å². The first-order chi connectivity index (χ1) is 9.70. The number of likely N-dealkylation sites (tertiary alicyclic amines) is 1. The number of nitrogens with zero attached hydrogens (tertiary/aromatic N) is 1. The van der Waals surface area contributed by atoms with Crippen LogP contribution in [0.15, 0.2) is 29.5 Å². The van der Waals surface area contributed by atoms with E-state index in [1.807, 2.05) is 0 Å². The van der Waals surface area contributed by atoms with E-state index in [9.17, 15) is 9.59 Å². The van der Waals surface area contributed by atoms with Crippen LogP contribution < -0.4 is 10.6 Å². The molecule has 0 radical (unpaired) electrons. The molecule has 1 aliphatic rings. The standard InChI is InChI=1S/C14H19N3O2S/c1-2-6-15-14(19)16-13(18)9-17-7-3-4-12(17)11-5-8-20-10-11/h2,5,8,10,12H,1,3-4,6-7,9H2,(H2,15,16,18,19)/t12-/m0/s1. The number of urea groups is 1. The molecule has 3 amide bonds. The third-order valence-corrected chi connectivity index (χ3v) is 4.00. The number of amides is 3. The first-order valence-electron chi connectivity index (χ1n) is 6.65. The third-order valence-electron chi connectivity index (χ3n) is 3.30. The van der Waals surface area contributed by atoms with Gasteiger partial charge in [-0.15, -0.1) is 6.58 Å². The summed E-state index contributed by atoms with van der Waals surface area (Å²) < 4.78 is 0. The van der Waals surface area contributed by atoms with Crippen LogP contribution in [0.25, 0.3) is 0 Å². The lowest BCUT2D eigenvalue weighted by Crippen LogP contribution is -2.44. The zero-order valence-corrected chi connectivity index (χ0v) is 12.1. The second-order valence-electron chi connectivity index (χ2n) is 4.73. The second kappa shape index (κ2) is 7.21. The fraction of sp³-hybridized carbons (Fsp3) is 0.429. The molecule has 0 spiro atoms. The third kappa shape index (κ3) is 3.91. The van der Waals surface area contributed by atoms with E-state index >= 15 is 0 Å². The first-order valence-corrected chi connectivity index (χ1v) is 7.59. The van der Waals surface area contributed by atoms with Crippen molar-refractivity contribution in [1.29, 1.82) is 0 Å². The fourth-order valence-corrected chi connectivity index (χ4v) is 3.12. The van der Waals surface area contributed by atoms with Crippen molar-refractivity contribution in [2.45, 2.75) is 18.9 Å². The van der Waals surface area contributed by atoms with Crippen molar-refractivity contribution in [2.75, 3.05) is 19.6 Å². The summed E-state index contributed by atoms with van der Waals surface area (Å²) in [5.74, 6) is -0.270. The van der Waals surface area contributed by atoms with Gasteiger partial charge in [-0.1, -0.05) is 6.08 Å². The van der Waals surface area contributed by atoms with Crippen LogP contribution in [0, 0.1) is 0 Å². The summed E-state index contributed by atoms with van der Waals surface area (Å²) in [6.45, 7) is 4.99. The summed E-state index contributed by atoms with van der Waals surface area (Å²) in [5, 5.41) is 9.03. The van der Waals surface area contributed by atoms with Crippen molar-refractivity contribution in [3.05, 3.63) is 35.0 Å². The number of imide groups is 1. The number of hydrogen-bond acceptors (Lipinski definition) is 4. The molecule has 6 heteroatoms. The number of carbonyl (C=O) groups excluding carboxylic acids is 2. The Morgan fingerprint density at radius 1 is 1.55 bits per heavy atom. The molecule has 0 aliphatic carbocycles. The monoisotopic (exact) mass is 293 g/mol. The summed E-state index contributed by atoms with van der Waals surface area (Å²) >= 11 is 1.67. The first kappa shape index (κ1) is 14.7. The van der Waals surface area contributed by atoms with Crippen LogP contribution in [0.5, 0.6) is 0 Å². The van der Waals surface area contributed by atoms with E-state index in [1.165, 1.54) is 5.56 Å². The highest BCUT2D eigenvalue weighted by Gasteiger charge is 2.28. The summed E-state index contributed by atoms with van der Waals surface area (Å²) in [4.78, 5) is 25.4. The van der Waals surface area contributed by atoms with Gasteiger partial charge in [-0.3, -0.25) is 15.0 Å². The molecule has 108 valence electrons. The molecule has 0 saturated carbocycles. The number of thiophene rings is 1. The van der Waals surface area contributed by atoms with Gasteiger partial charge in [0, 0.05) is 12.6 Å². The van der Waals surface area contributed by atoms with Gasteiger partial charge in [-0.2, -0.15) is 11.3 Å². The Labute approximate surface area is 122 Å². The van der Waals surface area contributed by atoms with Gasteiger partial charge in [0.2, 0.25) is 5.91 Å². The number of hydrogen-bond donors (Lipinski definition) is 2. The molecule has 1 aromatic rings. The SMILES string of the molecule is C=CCNC(=O)NC(=O)CN1CCC[C@H]1c1ccsc1. The Bertz CT molecular complexity index is 473. The van der Waals surface area contributed by atoms with Gasteiger partial charge in [0.1, 0.15) is 0 Å². The molecule has 0 unspecified atom stereocenters. The van der Waals surface area contributed by atoms with Crippen LogP contribution in [0.1, 0.15) is 24.4 Å². The molecule has 20 heavy (non-hydrogen) atoms. The van der Waals surface area contributed by atoms with Gasteiger partial charge < -0.3 is 5.32 Å². The molecule has 0 aromatic carbocycles. The maximum absolute atomic E-state index is 11.9. The zero-order chi connectivity index (χ0) is 14.4. The highest BCUT2D eigenvalue weighted by molar-refractivity contribution is 7.07. The van der Waals surface area contributed by atoms with Crippen molar-refractivity contribution in [3.63, 3.8) is 0 Å². The van der Waals surface area contributed by atoms with E-state index < -0.39 is 6.03 Å². The smallest absolute Gasteiger partial charge is 0.321 e. The van der Waals surface area contributed by atoms with Gasteiger partial charge in [0.05, 0.1) is 6.54 Å². The topological polar surface area (TPSA) is 61.4 Å². The fourth-order valence-electron chi connectivity index (χ4n) is 2.42. The Kier molecular flexibility index (Phi) is 5.31. The van der Waals surface area contributed by atoms with Crippen LogP contribution in [-0.2, 0) is 4.79 Å². The van der Waals surface area contributed by atoms with Crippen LogP contribution in [0.4, 0.5) is 4.79 Å². The van der Waals surface area contributed by atoms with Crippen molar-refractivity contribution in [1.82, 2.24) is 15.5 Å². The lowest BCUT2D eigenvalue weighted by molar-refractivity contribution is -0.121. The average Bonchev–Trinajstić information content (AvgIpc) is 3.06. The molecule has 1 fully saturated rings. The molecule has 1 saturated heterocycles. The number of carbonyl (C=O) groups is 2. The summed E-state index contributed by atoms with van der Waals surface area (Å²) in [7, 11) is 0. The van der Waals surface area contributed by atoms with Crippen molar-refractivity contribution in [2.24, 2.45) is 0 Å². The summed E-state index contributed by atoms with van der Waals surface area (Å²) in [6, 6.07) is 1.92. The molecule has 0 bridgehead atoms. The predicted octanol–water partition coefficient (Wildman–Crippen LogP) is 1.90. The largest absolute Gasteiger partial charge is 0.334 e. The highest BCUT2D eigenvalue weighted by Crippen LogP contribution is 2.32.